The van der Waals surface area contributed by atoms with Crippen LogP contribution >= 0.6 is 0 Å². The Morgan fingerprint density at radius 1 is 0.405 bits per heavy atom. The van der Waals surface area contributed by atoms with Crippen molar-refractivity contribution >= 4 is 0 Å². The van der Waals surface area contributed by atoms with Gasteiger partial charge in [-0.05, 0) is 32.1 Å². The fourth-order valence-electron chi connectivity index (χ4n) is 6.68. The van der Waals surface area contributed by atoms with E-state index >= 15 is 0 Å². The molecule has 1 aromatic heterocycles. The predicted molar refractivity (Wildman–Crippen MR) is 188 cm³/mol. The van der Waals surface area contributed by atoms with E-state index in [-0.39, 0.29) is 0 Å². The zero-order chi connectivity index (χ0) is 30.2. The molecular formula is C40H79N2+. The molecule has 2 nitrogen and oxygen atoms in total. The van der Waals surface area contributed by atoms with E-state index in [4.69, 9.17) is 0 Å². The van der Waals surface area contributed by atoms with Gasteiger partial charge in [-0.2, -0.15) is 0 Å². The van der Waals surface area contributed by atoms with Crippen LogP contribution in [0.1, 0.15) is 226 Å². The van der Waals surface area contributed by atoms with Crippen LogP contribution < -0.4 is 4.57 Å². The van der Waals surface area contributed by atoms with Crippen molar-refractivity contribution in [3.8, 4) is 0 Å². The standard InChI is InChI=1S/C40H79N2/c1-4-7-10-13-15-17-19-21-23-25-27-30-33-36-41-38-39-42(40(41)35-32-29-12-9-6-3)37-34-31-28-26-24-22-20-18-16-14-11-8-5-2/h38-39H,4-37H2,1-3H3/q+1. The Morgan fingerprint density at radius 3 is 1.14 bits per heavy atom. The van der Waals surface area contributed by atoms with Crippen LogP contribution in [0.5, 0.6) is 0 Å². The zero-order valence-corrected chi connectivity index (χ0v) is 29.6. The topological polar surface area (TPSA) is 8.81 Å². The summed E-state index contributed by atoms with van der Waals surface area (Å²) in [6.07, 6.45) is 50.4. The molecule has 0 aromatic carbocycles. The molecule has 0 N–H and O–H groups in total. The molecule has 248 valence electrons. The largest absolute Gasteiger partial charge is 0.256 e. The molecule has 1 aromatic rings. The highest BCUT2D eigenvalue weighted by Crippen LogP contribution is 2.15. The molecular weight excluding hydrogens is 508 g/mol. The molecule has 0 spiro atoms. The Labute approximate surface area is 266 Å². The minimum Gasteiger partial charge on any atom is -0.234 e. The maximum Gasteiger partial charge on any atom is 0.256 e. The summed E-state index contributed by atoms with van der Waals surface area (Å²) in [5, 5.41) is 0. The Balaban J connectivity index is 2.20. The third-order valence-electron chi connectivity index (χ3n) is 9.60. The van der Waals surface area contributed by atoms with E-state index in [9.17, 15) is 0 Å². The lowest BCUT2D eigenvalue weighted by atomic mass is 10.0. The summed E-state index contributed by atoms with van der Waals surface area (Å²) >= 11 is 0. The van der Waals surface area contributed by atoms with Gasteiger partial charge in [-0.15, -0.1) is 0 Å². The number of nitrogens with zero attached hydrogens (tertiary/aromatic N) is 2. The van der Waals surface area contributed by atoms with Crippen LogP contribution in [0.2, 0.25) is 0 Å². The maximum atomic E-state index is 2.63. The van der Waals surface area contributed by atoms with E-state index in [2.05, 4.69) is 42.3 Å². The number of aryl methyl sites for hydroxylation is 2. The van der Waals surface area contributed by atoms with E-state index in [0.29, 0.717) is 0 Å². The van der Waals surface area contributed by atoms with Crippen molar-refractivity contribution in [2.24, 2.45) is 0 Å². The SMILES string of the molecule is CCCCCCCCCCCCCCCn1cc[n+](CCCCCCCCCCCCCCC)c1CCCCCCC. The number of rotatable bonds is 34. The lowest BCUT2D eigenvalue weighted by Crippen LogP contribution is -2.37. The van der Waals surface area contributed by atoms with Gasteiger partial charge in [0, 0.05) is 6.42 Å². The van der Waals surface area contributed by atoms with Crippen molar-refractivity contribution in [1.29, 1.82) is 0 Å². The molecule has 1 heterocycles. The van der Waals surface area contributed by atoms with Crippen molar-refractivity contribution in [3.63, 3.8) is 0 Å². The first-order valence-corrected chi connectivity index (χ1v) is 19.9. The van der Waals surface area contributed by atoms with E-state index in [1.807, 2.05) is 0 Å². The molecule has 0 amide bonds. The second kappa shape index (κ2) is 31.6. The number of hydrogen-bond donors (Lipinski definition) is 0. The Bertz CT molecular complexity index is 601. The first-order chi connectivity index (χ1) is 20.8. The molecule has 0 aliphatic carbocycles. The molecule has 0 aliphatic rings. The summed E-state index contributed by atoms with van der Waals surface area (Å²) < 4.78 is 5.25. The van der Waals surface area contributed by atoms with E-state index in [0.717, 1.165) is 0 Å². The molecule has 0 bridgehead atoms. The highest BCUT2D eigenvalue weighted by Gasteiger charge is 2.16. The third kappa shape index (κ3) is 23.6. The Hall–Kier alpha value is -0.790. The minimum absolute atomic E-state index is 1.23. The number of unbranched alkanes of at least 4 members (excludes halogenated alkanes) is 28. The van der Waals surface area contributed by atoms with Crippen LogP contribution in [0.4, 0.5) is 0 Å². The maximum absolute atomic E-state index is 2.63. The molecule has 1 rings (SSSR count). The van der Waals surface area contributed by atoms with Gasteiger partial charge in [-0.25, -0.2) is 9.13 Å². The van der Waals surface area contributed by atoms with Crippen molar-refractivity contribution in [2.45, 2.75) is 239 Å². The summed E-state index contributed by atoms with van der Waals surface area (Å²) in [6, 6.07) is 0. The predicted octanol–water partition coefficient (Wildman–Crippen LogP) is 13.5. The van der Waals surface area contributed by atoms with Crippen LogP contribution in [0.3, 0.4) is 0 Å². The van der Waals surface area contributed by atoms with Crippen molar-refractivity contribution in [2.75, 3.05) is 0 Å². The first-order valence-electron chi connectivity index (χ1n) is 19.9. The highest BCUT2D eigenvalue weighted by atomic mass is 15.1. The van der Waals surface area contributed by atoms with Gasteiger partial charge >= 0.3 is 0 Å². The molecule has 0 saturated carbocycles. The molecule has 0 unspecified atom stereocenters. The summed E-state index contributed by atoms with van der Waals surface area (Å²) in [6.45, 7) is 9.40. The number of aromatic nitrogens is 2. The van der Waals surface area contributed by atoms with Gasteiger partial charge in [0.15, 0.2) is 0 Å². The fourth-order valence-corrected chi connectivity index (χ4v) is 6.68. The monoisotopic (exact) mass is 588 g/mol. The lowest BCUT2D eigenvalue weighted by molar-refractivity contribution is -0.704. The van der Waals surface area contributed by atoms with Crippen molar-refractivity contribution < 1.29 is 4.57 Å². The highest BCUT2D eigenvalue weighted by molar-refractivity contribution is 4.84. The third-order valence-corrected chi connectivity index (χ3v) is 9.60. The van der Waals surface area contributed by atoms with Crippen LogP contribution in [-0.4, -0.2) is 4.57 Å². The second-order valence-corrected chi connectivity index (χ2v) is 13.8. The van der Waals surface area contributed by atoms with Gasteiger partial charge in [0.1, 0.15) is 12.4 Å². The fraction of sp³-hybridized carbons (Fsp3) is 0.925. The van der Waals surface area contributed by atoms with Crippen LogP contribution in [0.25, 0.3) is 0 Å². The van der Waals surface area contributed by atoms with E-state index in [1.54, 1.807) is 5.82 Å². The van der Waals surface area contributed by atoms with Gasteiger partial charge in [0.2, 0.25) is 0 Å². The van der Waals surface area contributed by atoms with Gasteiger partial charge in [0.25, 0.3) is 5.82 Å². The molecule has 0 radical (unpaired) electrons. The van der Waals surface area contributed by atoms with Crippen molar-refractivity contribution in [1.82, 2.24) is 4.57 Å². The normalized spacial score (nSPS) is 11.6. The molecule has 42 heavy (non-hydrogen) atoms. The number of imidazole rings is 1. The lowest BCUT2D eigenvalue weighted by Gasteiger charge is -2.07. The second-order valence-electron chi connectivity index (χ2n) is 13.8. The van der Waals surface area contributed by atoms with Gasteiger partial charge < -0.3 is 0 Å². The summed E-state index contributed by atoms with van der Waals surface area (Å²) in [7, 11) is 0. The average Bonchev–Trinajstić information content (AvgIpc) is 3.38. The van der Waals surface area contributed by atoms with Crippen LogP contribution in [0, 0.1) is 0 Å². The minimum atomic E-state index is 1.23. The Morgan fingerprint density at radius 2 is 0.738 bits per heavy atom. The van der Waals surface area contributed by atoms with Crippen LogP contribution in [0.15, 0.2) is 12.4 Å². The van der Waals surface area contributed by atoms with Gasteiger partial charge in [-0.1, -0.05) is 188 Å². The smallest absolute Gasteiger partial charge is 0.234 e. The molecule has 0 fully saturated rings. The van der Waals surface area contributed by atoms with Crippen LogP contribution in [-0.2, 0) is 19.5 Å². The van der Waals surface area contributed by atoms with Gasteiger partial charge in [-0.3, -0.25) is 0 Å². The molecule has 0 aliphatic heterocycles. The van der Waals surface area contributed by atoms with E-state index < -0.39 is 0 Å². The zero-order valence-electron chi connectivity index (χ0n) is 29.6. The first kappa shape index (κ1) is 39.2. The Kier molecular flexibility index (Phi) is 29.5. The van der Waals surface area contributed by atoms with Crippen molar-refractivity contribution in [3.05, 3.63) is 18.2 Å². The molecule has 0 atom stereocenters. The summed E-state index contributed by atoms with van der Waals surface area (Å²) in [4.78, 5) is 0. The average molecular weight is 588 g/mol. The summed E-state index contributed by atoms with van der Waals surface area (Å²) in [5.74, 6) is 1.62. The van der Waals surface area contributed by atoms with Gasteiger partial charge in [0.05, 0.1) is 13.1 Å². The quantitative estimate of drug-likeness (QED) is 0.0560. The number of hydrogen-bond acceptors (Lipinski definition) is 0. The van der Waals surface area contributed by atoms with E-state index in [1.165, 1.54) is 219 Å². The summed E-state index contributed by atoms with van der Waals surface area (Å²) in [5.41, 5.74) is 0. The molecule has 2 heteroatoms. The molecule has 0 saturated heterocycles.